The maximum absolute atomic E-state index is 12.4. The molecule has 0 aliphatic heterocycles. The summed E-state index contributed by atoms with van der Waals surface area (Å²) in [6.45, 7) is 0.364. The van der Waals surface area contributed by atoms with Crippen LogP contribution in [-0.2, 0) is 6.61 Å². The van der Waals surface area contributed by atoms with Gasteiger partial charge in [-0.3, -0.25) is 9.89 Å². The molecular formula is C25H21ClN4O4. The minimum Gasteiger partial charge on any atom is -0.504 e. The Labute approximate surface area is 200 Å². The van der Waals surface area contributed by atoms with Crippen LogP contribution in [0.25, 0.3) is 11.3 Å². The molecule has 4 rings (SSSR count). The summed E-state index contributed by atoms with van der Waals surface area (Å²) in [5.74, 6) is 0.584. The summed E-state index contributed by atoms with van der Waals surface area (Å²) in [5, 5.41) is 21.1. The second kappa shape index (κ2) is 10.5. The predicted octanol–water partition coefficient (Wildman–Crippen LogP) is 4.79. The van der Waals surface area contributed by atoms with Crippen LogP contribution < -0.4 is 14.9 Å². The van der Waals surface area contributed by atoms with Gasteiger partial charge in [-0.15, -0.1) is 0 Å². The van der Waals surface area contributed by atoms with E-state index in [2.05, 4.69) is 20.7 Å². The highest BCUT2D eigenvalue weighted by atomic mass is 35.5. The number of nitrogens with zero attached hydrogens (tertiary/aromatic N) is 2. The molecule has 1 heterocycles. The van der Waals surface area contributed by atoms with Gasteiger partial charge in [0.1, 0.15) is 18.1 Å². The average molecular weight is 477 g/mol. The topological polar surface area (TPSA) is 109 Å². The van der Waals surface area contributed by atoms with Gasteiger partial charge in [0.2, 0.25) is 0 Å². The Hall–Kier alpha value is -4.30. The number of amides is 1. The number of aromatic nitrogens is 2. The average Bonchev–Trinajstić information content (AvgIpc) is 3.35. The highest BCUT2D eigenvalue weighted by Gasteiger charge is 2.11. The molecule has 0 unspecified atom stereocenters. The molecule has 0 saturated carbocycles. The summed E-state index contributed by atoms with van der Waals surface area (Å²) in [4.78, 5) is 12.4. The Morgan fingerprint density at radius 3 is 2.71 bits per heavy atom. The second-order valence-corrected chi connectivity index (χ2v) is 7.61. The standard InChI is InChI=1S/C25H21ClN4O4/c1-33-24-12-16(6-11-23(24)31)14-27-30-25(32)22-13-21(28-29-22)17-7-9-19(10-8-17)34-15-18-4-2-3-5-20(18)26/h2-14,31H,15H2,1H3,(H,28,29)(H,30,32)/b27-14-. The number of halogens is 1. The smallest absolute Gasteiger partial charge is 0.289 e. The first-order chi connectivity index (χ1) is 16.5. The van der Waals surface area contributed by atoms with Crippen LogP contribution in [0.3, 0.4) is 0 Å². The first kappa shape index (κ1) is 22.9. The third-order valence-corrected chi connectivity index (χ3v) is 5.28. The van der Waals surface area contributed by atoms with Crippen LogP contribution in [0, 0.1) is 0 Å². The van der Waals surface area contributed by atoms with Gasteiger partial charge >= 0.3 is 0 Å². The number of aromatic amines is 1. The first-order valence-corrected chi connectivity index (χ1v) is 10.6. The van der Waals surface area contributed by atoms with Crippen molar-refractivity contribution >= 4 is 23.7 Å². The lowest BCUT2D eigenvalue weighted by Crippen LogP contribution is -2.18. The predicted molar refractivity (Wildman–Crippen MR) is 130 cm³/mol. The van der Waals surface area contributed by atoms with E-state index in [4.69, 9.17) is 21.1 Å². The van der Waals surface area contributed by atoms with Crippen LogP contribution in [0.2, 0.25) is 5.02 Å². The molecule has 9 heteroatoms. The van der Waals surface area contributed by atoms with Gasteiger partial charge in [0.25, 0.3) is 5.91 Å². The Kier molecular flexibility index (Phi) is 7.10. The number of carbonyl (C=O) groups excluding carboxylic acids is 1. The first-order valence-electron chi connectivity index (χ1n) is 10.3. The van der Waals surface area contributed by atoms with Crippen molar-refractivity contribution in [2.24, 2.45) is 5.10 Å². The fraction of sp³-hybridized carbons (Fsp3) is 0.0800. The number of phenols is 1. The molecule has 4 aromatic rings. The van der Waals surface area contributed by atoms with E-state index in [9.17, 15) is 9.90 Å². The molecule has 34 heavy (non-hydrogen) atoms. The normalized spacial score (nSPS) is 10.9. The number of aromatic hydroxyl groups is 1. The fourth-order valence-corrected chi connectivity index (χ4v) is 3.27. The monoisotopic (exact) mass is 476 g/mol. The van der Waals surface area contributed by atoms with Gasteiger partial charge in [-0.25, -0.2) is 5.43 Å². The number of benzene rings is 3. The highest BCUT2D eigenvalue weighted by molar-refractivity contribution is 6.31. The molecule has 0 aliphatic rings. The third kappa shape index (κ3) is 5.54. The molecule has 0 bridgehead atoms. The SMILES string of the molecule is COc1cc(/C=N\NC(=O)c2cc(-c3ccc(OCc4ccccc4Cl)cc3)n[nH]2)ccc1O. The number of nitrogens with one attached hydrogen (secondary N) is 2. The van der Waals surface area contributed by atoms with Crippen LogP contribution in [-0.4, -0.2) is 34.5 Å². The molecule has 172 valence electrons. The Morgan fingerprint density at radius 1 is 1.15 bits per heavy atom. The summed E-state index contributed by atoms with van der Waals surface area (Å²) in [5.41, 5.74) is 5.68. The van der Waals surface area contributed by atoms with Gasteiger partial charge in [0, 0.05) is 16.1 Å². The summed E-state index contributed by atoms with van der Waals surface area (Å²) < 4.78 is 10.8. The lowest BCUT2D eigenvalue weighted by Gasteiger charge is -2.08. The molecule has 3 aromatic carbocycles. The number of ether oxygens (including phenoxy) is 2. The van der Waals surface area contributed by atoms with Crippen LogP contribution >= 0.6 is 11.6 Å². The molecular weight excluding hydrogens is 456 g/mol. The number of rotatable bonds is 8. The molecule has 1 aromatic heterocycles. The minimum absolute atomic E-state index is 0.0221. The van der Waals surface area contributed by atoms with Crippen molar-refractivity contribution in [3.63, 3.8) is 0 Å². The zero-order valence-electron chi connectivity index (χ0n) is 18.2. The molecule has 0 spiro atoms. The van der Waals surface area contributed by atoms with Crippen molar-refractivity contribution in [3.8, 4) is 28.5 Å². The number of hydrazone groups is 1. The van der Waals surface area contributed by atoms with Crippen LogP contribution in [0.5, 0.6) is 17.2 Å². The van der Waals surface area contributed by atoms with Crippen LogP contribution in [0.1, 0.15) is 21.6 Å². The Bertz CT molecular complexity index is 1320. The van der Waals surface area contributed by atoms with Gasteiger partial charge in [-0.05, 0) is 60.2 Å². The van der Waals surface area contributed by atoms with E-state index in [-0.39, 0.29) is 11.4 Å². The maximum Gasteiger partial charge on any atom is 0.289 e. The van der Waals surface area contributed by atoms with Gasteiger partial charge < -0.3 is 14.6 Å². The maximum atomic E-state index is 12.4. The molecule has 0 fully saturated rings. The molecule has 3 N–H and O–H groups in total. The van der Waals surface area contributed by atoms with Gasteiger partial charge in [0.15, 0.2) is 11.5 Å². The number of methoxy groups -OCH3 is 1. The number of H-pyrrole nitrogens is 1. The number of hydrogen-bond donors (Lipinski definition) is 3. The summed E-state index contributed by atoms with van der Waals surface area (Å²) in [6.07, 6.45) is 1.44. The van der Waals surface area contributed by atoms with Crippen molar-refractivity contribution < 1.29 is 19.4 Å². The molecule has 1 amide bonds. The van der Waals surface area contributed by atoms with Crippen molar-refractivity contribution in [3.05, 3.63) is 94.6 Å². The van der Waals surface area contributed by atoms with E-state index in [1.54, 1.807) is 18.2 Å². The van der Waals surface area contributed by atoms with E-state index in [0.717, 1.165) is 11.1 Å². The van der Waals surface area contributed by atoms with Gasteiger partial charge in [0.05, 0.1) is 19.0 Å². The highest BCUT2D eigenvalue weighted by Crippen LogP contribution is 2.26. The largest absolute Gasteiger partial charge is 0.504 e. The quantitative estimate of drug-likeness (QED) is 0.250. The van der Waals surface area contributed by atoms with Crippen molar-refractivity contribution in [1.82, 2.24) is 15.6 Å². The van der Waals surface area contributed by atoms with E-state index in [1.165, 1.54) is 19.4 Å². The molecule has 0 radical (unpaired) electrons. The van der Waals surface area contributed by atoms with E-state index >= 15 is 0 Å². The van der Waals surface area contributed by atoms with Crippen molar-refractivity contribution in [1.29, 1.82) is 0 Å². The van der Waals surface area contributed by atoms with Gasteiger partial charge in [-0.2, -0.15) is 10.2 Å². The Morgan fingerprint density at radius 2 is 1.94 bits per heavy atom. The molecule has 0 atom stereocenters. The lowest BCUT2D eigenvalue weighted by molar-refractivity contribution is 0.0950. The zero-order chi connectivity index (χ0) is 23.9. The minimum atomic E-state index is -0.444. The Balaban J connectivity index is 1.35. The van der Waals surface area contributed by atoms with Crippen LogP contribution in [0.4, 0.5) is 0 Å². The lowest BCUT2D eigenvalue weighted by atomic mass is 10.1. The third-order valence-electron chi connectivity index (χ3n) is 4.91. The van der Waals surface area contributed by atoms with Gasteiger partial charge in [-0.1, -0.05) is 29.8 Å². The van der Waals surface area contributed by atoms with Crippen molar-refractivity contribution in [2.45, 2.75) is 6.61 Å². The van der Waals surface area contributed by atoms with E-state index < -0.39 is 5.91 Å². The van der Waals surface area contributed by atoms with Crippen LogP contribution in [0.15, 0.2) is 77.9 Å². The summed E-state index contributed by atoms with van der Waals surface area (Å²) >= 11 is 6.16. The molecule has 0 aliphatic carbocycles. The number of phenolic OH excluding ortho intramolecular Hbond substituents is 1. The number of hydrogen-bond acceptors (Lipinski definition) is 6. The summed E-state index contributed by atoms with van der Waals surface area (Å²) in [7, 11) is 1.45. The molecule has 0 saturated heterocycles. The molecule has 8 nitrogen and oxygen atoms in total. The number of carbonyl (C=O) groups is 1. The summed E-state index contributed by atoms with van der Waals surface area (Å²) in [6, 6.07) is 21.3. The van der Waals surface area contributed by atoms with Crippen molar-refractivity contribution in [2.75, 3.05) is 7.11 Å². The zero-order valence-corrected chi connectivity index (χ0v) is 18.9. The van der Waals surface area contributed by atoms with E-state index in [0.29, 0.717) is 34.4 Å². The second-order valence-electron chi connectivity index (χ2n) is 7.20. The van der Waals surface area contributed by atoms with E-state index in [1.807, 2.05) is 48.5 Å². The fourth-order valence-electron chi connectivity index (χ4n) is 3.08.